The lowest BCUT2D eigenvalue weighted by atomic mass is 10.1. The topological polar surface area (TPSA) is 71.2 Å². The van der Waals surface area contributed by atoms with Crippen molar-refractivity contribution in [3.05, 3.63) is 5.82 Å². The Kier molecular flexibility index (Phi) is 3.96. The fraction of sp³-hybridized carbons (Fsp3) is 0.750. The molecule has 0 saturated carbocycles. The van der Waals surface area contributed by atoms with Gasteiger partial charge in [0.05, 0.1) is 6.04 Å². The number of aromatic nitrogens is 3. The van der Waals surface area contributed by atoms with E-state index in [9.17, 15) is 0 Å². The maximum atomic E-state index is 5.76. The molecule has 1 saturated heterocycles. The number of rotatable bonds is 3. The van der Waals surface area contributed by atoms with Gasteiger partial charge in [-0.1, -0.05) is 6.42 Å². The smallest absolute Gasteiger partial charge is 0.229 e. The number of anilines is 2. The summed E-state index contributed by atoms with van der Waals surface area (Å²) < 4.78 is 0. The molecule has 0 aliphatic carbocycles. The number of likely N-dealkylation sites (tertiary alicyclic amines) is 1. The van der Waals surface area contributed by atoms with Crippen LogP contribution in [0.3, 0.4) is 0 Å². The van der Waals surface area contributed by atoms with Gasteiger partial charge in [-0.3, -0.25) is 4.90 Å². The van der Waals surface area contributed by atoms with Crippen molar-refractivity contribution in [2.24, 2.45) is 0 Å². The van der Waals surface area contributed by atoms with E-state index in [0.29, 0.717) is 11.9 Å². The Hall–Kier alpha value is -1.43. The highest BCUT2D eigenvalue weighted by molar-refractivity contribution is 5.33. The van der Waals surface area contributed by atoms with Crippen molar-refractivity contribution in [2.45, 2.75) is 32.2 Å². The highest BCUT2D eigenvalue weighted by Gasteiger charge is 2.21. The van der Waals surface area contributed by atoms with Crippen LogP contribution in [0.5, 0.6) is 0 Å². The largest absolute Gasteiger partial charge is 0.368 e. The third-order valence-electron chi connectivity index (χ3n) is 3.37. The summed E-state index contributed by atoms with van der Waals surface area (Å²) in [6.45, 7) is 4.37. The molecule has 1 aromatic heterocycles. The van der Waals surface area contributed by atoms with Crippen LogP contribution < -0.4 is 10.6 Å². The highest BCUT2D eigenvalue weighted by Crippen LogP contribution is 2.22. The van der Waals surface area contributed by atoms with E-state index in [-0.39, 0.29) is 6.04 Å². The molecule has 100 valence electrons. The van der Waals surface area contributed by atoms with Gasteiger partial charge in [-0.15, -0.1) is 0 Å². The zero-order chi connectivity index (χ0) is 13.1. The van der Waals surface area contributed by atoms with E-state index in [4.69, 9.17) is 5.73 Å². The van der Waals surface area contributed by atoms with E-state index in [1.807, 2.05) is 19.0 Å². The molecule has 2 N–H and O–H groups in total. The molecule has 6 heteroatoms. The lowest BCUT2D eigenvalue weighted by Gasteiger charge is -2.31. The molecule has 1 fully saturated rings. The number of piperidine rings is 1. The van der Waals surface area contributed by atoms with Gasteiger partial charge in [0.2, 0.25) is 11.9 Å². The van der Waals surface area contributed by atoms with Gasteiger partial charge >= 0.3 is 0 Å². The summed E-state index contributed by atoms with van der Waals surface area (Å²) in [6.07, 6.45) is 3.84. The minimum atomic E-state index is 0.203. The zero-order valence-corrected chi connectivity index (χ0v) is 11.4. The first-order valence-electron chi connectivity index (χ1n) is 6.51. The second kappa shape index (κ2) is 5.48. The molecular weight excluding hydrogens is 228 g/mol. The van der Waals surface area contributed by atoms with Crippen LogP contribution >= 0.6 is 0 Å². The predicted molar refractivity (Wildman–Crippen MR) is 72.4 cm³/mol. The SMILES string of the molecule is C[C@@H](c1nc(N)nc(N(C)C)n1)N1CCCCC1. The van der Waals surface area contributed by atoms with Gasteiger partial charge in [0, 0.05) is 14.1 Å². The van der Waals surface area contributed by atoms with Crippen LogP contribution in [0, 0.1) is 0 Å². The summed E-state index contributed by atoms with van der Waals surface area (Å²) in [4.78, 5) is 17.2. The van der Waals surface area contributed by atoms with E-state index in [1.54, 1.807) is 0 Å². The van der Waals surface area contributed by atoms with Gasteiger partial charge in [-0.2, -0.15) is 15.0 Å². The second-order valence-corrected chi connectivity index (χ2v) is 5.02. The van der Waals surface area contributed by atoms with Crippen LogP contribution in [-0.2, 0) is 0 Å². The summed E-state index contributed by atoms with van der Waals surface area (Å²) in [5, 5.41) is 0. The monoisotopic (exact) mass is 250 g/mol. The van der Waals surface area contributed by atoms with E-state index in [1.165, 1.54) is 19.3 Å². The molecule has 0 amide bonds. The molecule has 18 heavy (non-hydrogen) atoms. The Bertz CT molecular complexity index is 400. The van der Waals surface area contributed by atoms with Gasteiger partial charge < -0.3 is 10.6 Å². The van der Waals surface area contributed by atoms with E-state index < -0.39 is 0 Å². The first kappa shape index (κ1) is 13.0. The van der Waals surface area contributed by atoms with Crippen LogP contribution in [0.15, 0.2) is 0 Å². The number of hydrogen-bond acceptors (Lipinski definition) is 6. The minimum absolute atomic E-state index is 0.203. The average Bonchev–Trinajstić information content (AvgIpc) is 2.38. The molecule has 0 radical (unpaired) electrons. The normalized spacial score (nSPS) is 18.6. The fourth-order valence-corrected chi connectivity index (χ4v) is 2.25. The van der Waals surface area contributed by atoms with Crippen LogP contribution in [0.2, 0.25) is 0 Å². The van der Waals surface area contributed by atoms with Crippen molar-refractivity contribution in [3.8, 4) is 0 Å². The summed E-state index contributed by atoms with van der Waals surface area (Å²) in [5.74, 6) is 1.70. The van der Waals surface area contributed by atoms with Crippen LogP contribution in [0.4, 0.5) is 11.9 Å². The Morgan fingerprint density at radius 1 is 1.11 bits per heavy atom. The molecule has 0 spiro atoms. The molecule has 0 unspecified atom stereocenters. The van der Waals surface area contributed by atoms with Gasteiger partial charge in [-0.25, -0.2) is 0 Å². The Morgan fingerprint density at radius 2 is 1.78 bits per heavy atom. The van der Waals surface area contributed by atoms with Gasteiger partial charge in [0.15, 0.2) is 5.82 Å². The summed E-state index contributed by atoms with van der Waals surface area (Å²) in [6, 6.07) is 0.203. The van der Waals surface area contributed by atoms with Crippen molar-refractivity contribution in [2.75, 3.05) is 37.8 Å². The standard InChI is InChI=1S/C12H22N6/c1-9(18-7-5-4-6-8-18)10-14-11(13)16-12(15-10)17(2)3/h9H,4-8H2,1-3H3,(H2,13,14,15,16)/t9-/m0/s1. The first-order valence-corrected chi connectivity index (χ1v) is 6.51. The highest BCUT2D eigenvalue weighted by atomic mass is 15.3. The van der Waals surface area contributed by atoms with E-state index in [2.05, 4.69) is 26.8 Å². The molecule has 0 aromatic carbocycles. The summed E-state index contributed by atoms with van der Waals surface area (Å²) >= 11 is 0. The van der Waals surface area contributed by atoms with Crippen molar-refractivity contribution in [1.82, 2.24) is 19.9 Å². The summed E-state index contributed by atoms with van der Waals surface area (Å²) in [5.41, 5.74) is 5.76. The van der Waals surface area contributed by atoms with Crippen LogP contribution in [-0.4, -0.2) is 47.0 Å². The predicted octanol–water partition coefficient (Wildman–Crippen LogP) is 1.07. The van der Waals surface area contributed by atoms with Gasteiger partial charge in [0.25, 0.3) is 0 Å². The Labute approximate surface area is 108 Å². The third kappa shape index (κ3) is 2.87. The van der Waals surface area contributed by atoms with E-state index in [0.717, 1.165) is 18.9 Å². The average molecular weight is 250 g/mol. The van der Waals surface area contributed by atoms with Gasteiger partial charge in [0.1, 0.15) is 0 Å². The van der Waals surface area contributed by atoms with Gasteiger partial charge in [-0.05, 0) is 32.9 Å². The molecule has 0 bridgehead atoms. The lowest BCUT2D eigenvalue weighted by Crippen LogP contribution is -2.33. The van der Waals surface area contributed by atoms with Crippen LogP contribution in [0.25, 0.3) is 0 Å². The number of hydrogen-bond donors (Lipinski definition) is 1. The maximum absolute atomic E-state index is 5.76. The lowest BCUT2D eigenvalue weighted by molar-refractivity contribution is 0.169. The van der Waals surface area contributed by atoms with Crippen molar-refractivity contribution in [1.29, 1.82) is 0 Å². The minimum Gasteiger partial charge on any atom is -0.368 e. The molecule has 6 nitrogen and oxygen atoms in total. The molecule has 1 atom stereocenters. The Balaban J connectivity index is 2.20. The van der Waals surface area contributed by atoms with E-state index >= 15 is 0 Å². The number of nitrogens with zero attached hydrogens (tertiary/aromatic N) is 5. The quantitative estimate of drug-likeness (QED) is 0.865. The Morgan fingerprint density at radius 3 is 2.39 bits per heavy atom. The van der Waals surface area contributed by atoms with Crippen molar-refractivity contribution >= 4 is 11.9 Å². The fourth-order valence-electron chi connectivity index (χ4n) is 2.25. The van der Waals surface area contributed by atoms with Crippen LogP contribution in [0.1, 0.15) is 38.1 Å². The number of nitrogen functional groups attached to an aromatic ring is 1. The molecule has 2 rings (SSSR count). The van der Waals surface area contributed by atoms with Crippen molar-refractivity contribution < 1.29 is 0 Å². The zero-order valence-electron chi connectivity index (χ0n) is 11.4. The van der Waals surface area contributed by atoms with Crippen molar-refractivity contribution in [3.63, 3.8) is 0 Å². The third-order valence-corrected chi connectivity index (χ3v) is 3.37. The molecule has 1 aliphatic rings. The first-order chi connectivity index (χ1) is 8.58. The maximum Gasteiger partial charge on any atom is 0.229 e. The summed E-state index contributed by atoms with van der Waals surface area (Å²) in [7, 11) is 3.81. The molecule has 2 heterocycles. The molecule has 1 aromatic rings. The molecular formula is C12H22N6. The molecule has 1 aliphatic heterocycles. The number of nitrogens with two attached hydrogens (primary N) is 1. The second-order valence-electron chi connectivity index (χ2n) is 5.02.